The van der Waals surface area contributed by atoms with Crippen LogP contribution in [0, 0.1) is 0 Å². The van der Waals surface area contributed by atoms with Gasteiger partial charge in [-0.2, -0.15) is 4.31 Å². The molecule has 0 amide bonds. The number of hydrogen-bond donors (Lipinski definition) is 0. The van der Waals surface area contributed by atoms with Crippen LogP contribution < -0.4 is 0 Å². The first-order chi connectivity index (χ1) is 10.6. The Morgan fingerprint density at radius 1 is 1.00 bits per heavy atom. The highest BCUT2D eigenvalue weighted by Gasteiger charge is 2.25. The van der Waals surface area contributed by atoms with E-state index in [1.165, 1.54) is 0 Å². The smallest absolute Gasteiger partial charge is 0.245 e. The van der Waals surface area contributed by atoms with Crippen LogP contribution in [-0.4, -0.2) is 30.8 Å². The van der Waals surface area contributed by atoms with Gasteiger partial charge in [0.05, 0.1) is 5.52 Å². The van der Waals surface area contributed by atoms with Gasteiger partial charge in [0.2, 0.25) is 10.0 Å². The fourth-order valence-electron chi connectivity index (χ4n) is 2.44. The van der Waals surface area contributed by atoms with E-state index in [9.17, 15) is 8.42 Å². The Bertz CT molecular complexity index is 700. The predicted octanol–water partition coefficient (Wildman–Crippen LogP) is 3.83. The average Bonchev–Trinajstić information content (AvgIpc) is 2.54. The summed E-state index contributed by atoms with van der Waals surface area (Å²) < 4.78 is 27.7. The lowest BCUT2D eigenvalue weighted by Gasteiger charge is -2.22. The first-order valence-corrected chi connectivity index (χ1v) is 9.39. The molecule has 0 aliphatic rings. The minimum Gasteiger partial charge on any atom is -0.255 e. The topological polar surface area (TPSA) is 50.3 Å². The highest BCUT2D eigenvalue weighted by atomic mass is 32.2. The molecule has 1 heterocycles. The number of unbranched alkanes of at least 4 members (excludes halogenated alkanes) is 2. The zero-order chi connectivity index (χ0) is 16.0. The van der Waals surface area contributed by atoms with E-state index in [1.807, 2.05) is 18.2 Å². The fourth-order valence-corrected chi connectivity index (χ4v) is 4.13. The lowest BCUT2D eigenvalue weighted by Crippen LogP contribution is -2.33. The largest absolute Gasteiger partial charge is 0.255 e. The van der Waals surface area contributed by atoms with Crippen molar-refractivity contribution in [3.8, 4) is 0 Å². The summed E-state index contributed by atoms with van der Waals surface area (Å²) in [7, 11) is -3.50. The first-order valence-electron chi connectivity index (χ1n) is 7.95. The zero-order valence-electron chi connectivity index (χ0n) is 13.3. The molecule has 2 rings (SSSR count). The van der Waals surface area contributed by atoms with Crippen molar-refractivity contribution >= 4 is 20.9 Å². The molecule has 4 nitrogen and oxygen atoms in total. The van der Waals surface area contributed by atoms with Gasteiger partial charge in [-0.25, -0.2) is 8.42 Å². The maximum Gasteiger partial charge on any atom is 0.245 e. The van der Waals surface area contributed by atoms with Crippen molar-refractivity contribution in [3.05, 3.63) is 36.5 Å². The van der Waals surface area contributed by atoms with Gasteiger partial charge in [-0.3, -0.25) is 4.98 Å². The maximum atomic E-state index is 13.0. The number of pyridine rings is 1. The number of nitrogens with zero attached hydrogens (tertiary/aromatic N) is 2. The quantitative estimate of drug-likeness (QED) is 0.743. The summed E-state index contributed by atoms with van der Waals surface area (Å²) in [6.45, 7) is 5.29. The maximum absolute atomic E-state index is 13.0. The zero-order valence-corrected chi connectivity index (χ0v) is 14.1. The average molecular weight is 320 g/mol. The minimum atomic E-state index is -3.50. The predicted molar refractivity (Wildman–Crippen MR) is 90.3 cm³/mol. The molecule has 0 aliphatic heterocycles. The molecule has 2 aromatic rings. The highest BCUT2D eigenvalue weighted by molar-refractivity contribution is 7.89. The van der Waals surface area contributed by atoms with Crippen molar-refractivity contribution in [1.29, 1.82) is 0 Å². The van der Waals surface area contributed by atoms with Crippen molar-refractivity contribution in [2.75, 3.05) is 13.1 Å². The molecule has 0 saturated carbocycles. The third kappa shape index (κ3) is 3.65. The summed E-state index contributed by atoms with van der Waals surface area (Å²) >= 11 is 0. The lowest BCUT2D eigenvalue weighted by atomic mass is 10.2. The van der Waals surface area contributed by atoms with Gasteiger partial charge in [-0.15, -0.1) is 0 Å². The monoisotopic (exact) mass is 320 g/mol. The van der Waals surface area contributed by atoms with E-state index in [0.717, 1.165) is 31.1 Å². The number of hydrogen-bond acceptors (Lipinski definition) is 3. The Labute approximate surface area is 133 Å². The van der Waals surface area contributed by atoms with E-state index >= 15 is 0 Å². The molecule has 0 spiro atoms. The number of fused-ring (bicyclic) bond motifs is 1. The number of sulfonamides is 1. The molecular formula is C17H24N2O2S. The van der Waals surface area contributed by atoms with Crippen LogP contribution in [-0.2, 0) is 10.0 Å². The first kappa shape index (κ1) is 16.9. The van der Waals surface area contributed by atoms with Crippen LogP contribution in [0.4, 0.5) is 0 Å². The van der Waals surface area contributed by atoms with E-state index in [4.69, 9.17) is 0 Å². The van der Waals surface area contributed by atoms with Gasteiger partial charge >= 0.3 is 0 Å². The molecule has 0 bridgehead atoms. The SMILES string of the molecule is CCCCN(CCCC)S(=O)(=O)c1cccc2cccnc12. The molecule has 22 heavy (non-hydrogen) atoms. The van der Waals surface area contributed by atoms with Crippen molar-refractivity contribution in [2.45, 2.75) is 44.4 Å². The molecule has 0 radical (unpaired) electrons. The Morgan fingerprint density at radius 2 is 1.64 bits per heavy atom. The molecule has 0 saturated heterocycles. The molecule has 0 fully saturated rings. The third-order valence-electron chi connectivity index (χ3n) is 3.74. The second-order valence-electron chi connectivity index (χ2n) is 5.44. The van der Waals surface area contributed by atoms with Crippen molar-refractivity contribution in [1.82, 2.24) is 9.29 Å². The fraction of sp³-hybridized carbons (Fsp3) is 0.471. The number of rotatable bonds is 8. The lowest BCUT2D eigenvalue weighted by molar-refractivity contribution is 0.395. The van der Waals surface area contributed by atoms with Gasteiger partial charge in [0, 0.05) is 24.7 Å². The van der Waals surface area contributed by atoms with Crippen LogP contribution in [0.15, 0.2) is 41.4 Å². The molecule has 120 valence electrons. The second-order valence-corrected chi connectivity index (χ2v) is 7.35. The molecule has 1 aromatic heterocycles. The van der Waals surface area contributed by atoms with Crippen LogP contribution in [0.5, 0.6) is 0 Å². The van der Waals surface area contributed by atoms with E-state index in [0.29, 0.717) is 23.5 Å². The molecule has 0 unspecified atom stereocenters. The Kier molecular flexibility index (Phi) is 5.91. The van der Waals surface area contributed by atoms with Crippen LogP contribution in [0.1, 0.15) is 39.5 Å². The van der Waals surface area contributed by atoms with Crippen molar-refractivity contribution < 1.29 is 8.42 Å². The molecule has 0 atom stereocenters. The minimum absolute atomic E-state index is 0.317. The van der Waals surface area contributed by atoms with Crippen LogP contribution in [0.3, 0.4) is 0 Å². The summed E-state index contributed by atoms with van der Waals surface area (Å²) in [6.07, 6.45) is 5.35. The Morgan fingerprint density at radius 3 is 2.27 bits per heavy atom. The standard InChI is InChI=1S/C17H24N2O2S/c1-3-5-13-19(14-6-4-2)22(20,21)16-11-7-9-15-10-8-12-18-17(15)16/h7-12H,3-6,13-14H2,1-2H3. The molecule has 0 N–H and O–H groups in total. The van der Waals surface area contributed by atoms with Crippen molar-refractivity contribution in [3.63, 3.8) is 0 Å². The summed E-state index contributed by atoms with van der Waals surface area (Å²) in [4.78, 5) is 4.60. The van der Waals surface area contributed by atoms with E-state index in [2.05, 4.69) is 18.8 Å². The third-order valence-corrected chi connectivity index (χ3v) is 5.67. The van der Waals surface area contributed by atoms with Gasteiger partial charge in [-0.05, 0) is 25.0 Å². The van der Waals surface area contributed by atoms with Gasteiger partial charge < -0.3 is 0 Å². The number of para-hydroxylation sites is 1. The molecular weight excluding hydrogens is 296 g/mol. The summed E-state index contributed by atoms with van der Waals surface area (Å²) in [5, 5.41) is 0.856. The number of benzene rings is 1. The molecule has 0 aliphatic carbocycles. The molecule has 1 aromatic carbocycles. The van der Waals surface area contributed by atoms with Crippen LogP contribution >= 0.6 is 0 Å². The summed E-state index contributed by atoms with van der Waals surface area (Å²) in [5.74, 6) is 0. The van der Waals surface area contributed by atoms with E-state index in [-0.39, 0.29) is 0 Å². The summed E-state index contributed by atoms with van der Waals surface area (Å²) in [5.41, 5.74) is 0.558. The number of aromatic nitrogens is 1. The Balaban J connectivity index is 2.44. The normalized spacial score (nSPS) is 12.1. The van der Waals surface area contributed by atoms with Gasteiger partial charge in [0.15, 0.2) is 0 Å². The Hall–Kier alpha value is -1.46. The second kappa shape index (κ2) is 7.70. The van der Waals surface area contributed by atoms with Crippen LogP contribution in [0.2, 0.25) is 0 Å². The van der Waals surface area contributed by atoms with Gasteiger partial charge in [0.25, 0.3) is 0 Å². The van der Waals surface area contributed by atoms with E-state index in [1.54, 1.807) is 22.6 Å². The highest BCUT2D eigenvalue weighted by Crippen LogP contribution is 2.24. The van der Waals surface area contributed by atoms with Gasteiger partial charge in [0.1, 0.15) is 4.90 Å². The molecule has 5 heteroatoms. The van der Waals surface area contributed by atoms with Crippen molar-refractivity contribution in [2.24, 2.45) is 0 Å². The van der Waals surface area contributed by atoms with E-state index < -0.39 is 10.0 Å². The summed E-state index contributed by atoms with van der Waals surface area (Å²) in [6, 6.07) is 9.06. The van der Waals surface area contributed by atoms with Gasteiger partial charge in [-0.1, -0.05) is 44.9 Å². The van der Waals surface area contributed by atoms with Crippen LogP contribution in [0.25, 0.3) is 10.9 Å².